The number of aliphatic hydroxyl groups excluding tert-OH is 1. The molecule has 1 unspecified atom stereocenters. The van der Waals surface area contributed by atoms with E-state index in [9.17, 15) is 14.4 Å². The van der Waals surface area contributed by atoms with Crippen molar-refractivity contribution in [3.8, 4) is 0 Å². The molecule has 10 heteroatoms. The van der Waals surface area contributed by atoms with E-state index in [1.54, 1.807) is 16.7 Å². The predicted octanol–water partition coefficient (Wildman–Crippen LogP) is 1.85. The number of morpholine rings is 1. The van der Waals surface area contributed by atoms with Gasteiger partial charge < -0.3 is 24.4 Å². The number of esters is 1. The quantitative estimate of drug-likeness (QED) is 0.259. The number of unbranched alkanes of at least 4 members (excludes halogenated alkanes) is 3. The Morgan fingerprint density at radius 1 is 0.949 bits per heavy atom. The largest absolute Gasteiger partial charge is 0.465 e. The lowest BCUT2D eigenvalue weighted by atomic mass is 9.78. The van der Waals surface area contributed by atoms with Gasteiger partial charge in [0.05, 0.1) is 36.4 Å². The summed E-state index contributed by atoms with van der Waals surface area (Å²) in [6.07, 6.45) is 14.3. The summed E-state index contributed by atoms with van der Waals surface area (Å²) in [4.78, 5) is 48.0. The van der Waals surface area contributed by atoms with E-state index < -0.39 is 22.6 Å². The van der Waals surface area contributed by atoms with Gasteiger partial charge >= 0.3 is 5.97 Å². The molecule has 39 heavy (non-hydrogen) atoms. The number of likely N-dealkylation sites (tertiary alicyclic amines) is 1. The minimum atomic E-state index is -0.792. The van der Waals surface area contributed by atoms with Crippen molar-refractivity contribution >= 4 is 29.5 Å². The van der Waals surface area contributed by atoms with Crippen molar-refractivity contribution in [2.24, 2.45) is 11.8 Å². The molecule has 1 N–H and O–H groups in total. The fourth-order valence-corrected chi connectivity index (χ4v) is 8.74. The van der Waals surface area contributed by atoms with Crippen molar-refractivity contribution in [2.45, 2.75) is 61.0 Å². The first-order valence-electron chi connectivity index (χ1n) is 14.8. The van der Waals surface area contributed by atoms with E-state index in [4.69, 9.17) is 14.6 Å². The molecule has 216 valence electrons. The Morgan fingerprint density at radius 2 is 1.77 bits per heavy atom. The number of hydrogen-bond acceptors (Lipinski definition) is 8. The van der Waals surface area contributed by atoms with Gasteiger partial charge in [-0.1, -0.05) is 37.1 Å². The fraction of sp³-hybridized carbons (Fsp3) is 0.759. The van der Waals surface area contributed by atoms with Crippen molar-refractivity contribution in [3.63, 3.8) is 0 Å². The van der Waals surface area contributed by atoms with E-state index in [0.29, 0.717) is 39.5 Å². The van der Waals surface area contributed by atoms with Gasteiger partial charge in [0, 0.05) is 51.1 Å². The molecule has 0 aromatic heterocycles. The molecule has 0 radical (unpaired) electrons. The summed E-state index contributed by atoms with van der Waals surface area (Å²) in [5.74, 6) is -1.65. The first-order valence-corrected chi connectivity index (χ1v) is 15.6. The third kappa shape index (κ3) is 5.94. The molecule has 5 aliphatic heterocycles. The van der Waals surface area contributed by atoms with Crippen LogP contribution < -0.4 is 0 Å². The molecular formula is C29H43N3O6S. The van der Waals surface area contributed by atoms with Gasteiger partial charge in [-0.3, -0.25) is 19.3 Å². The number of allylic oxidation sites excluding steroid dienone is 1. The highest BCUT2D eigenvalue weighted by molar-refractivity contribution is 8.02. The Morgan fingerprint density at radius 3 is 2.59 bits per heavy atom. The minimum Gasteiger partial charge on any atom is -0.465 e. The molecule has 5 heterocycles. The summed E-state index contributed by atoms with van der Waals surface area (Å²) in [6, 6.07) is -0.639. The van der Waals surface area contributed by atoms with Crippen LogP contribution in [0.25, 0.3) is 0 Å². The lowest BCUT2D eigenvalue weighted by Gasteiger charge is -2.36. The zero-order valence-electron chi connectivity index (χ0n) is 22.9. The van der Waals surface area contributed by atoms with Gasteiger partial charge in [-0.2, -0.15) is 0 Å². The van der Waals surface area contributed by atoms with E-state index in [1.165, 1.54) is 0 Å². The van der Waals surface area contributed by atoms with E-state index in [2.05, 4.69) is 23.1 Å². The number of amides is 2. The third-order valence-electron chi connectivity index (χ3n) is 8.78. The van der Waals surface area contributed by atoms with E-state index >= 15 is 0 Å². The maximum absolute atomic E-state index is 14.3. The zero-order chi connectivity index (χ0) is 27.2. The molecule has 2 amide bonds. The predicted molar refractivity (Wildman–Crippen MR) is 149 cm³/mol. The molecule has 5 rings (SSSR count). The van der Waals surface area contributed by atoms with Gasteiger partial charge in [0.1, 0.15) is 6.04 Å². The van der Waals surface area contributed by atoms with Gasteiger partial charge in [-0.25, -0.2) is 0 Å². The second-order valence-electron chi connectivity index (χ2n) is 11.2. The Balaban J connectivity index is 1.43. The van der Waals surface area contributed by atoms with Gasteiger partial charge in [-0.15, -0.1) is 11.8 Å². The first kappa shape index (κ1) is 28.6. The van der Waals surface area contributed by atoms with Crippen molar-refractivity contribution in [1.82, 2.24) is 14.7 Å². The molecule has 0 aliphatic carbocycles. The van der Waals surface area contributed by atoms with Crippen molar-refractivity contribution in [2.75, 3.05) is 65.7 Å². The van der Waals surface area contributed by atoms with Crippen LogP contribution in [-0.4, -0.2) is 119 Å². The van der Waals surface area contributed by atoms with Crippen LogP contribution in [0.15, 0.2) is 24.3 Å². The van der Waals surface area contributed by atoms with E-state index in [-0.39, 0.29) is 29.6 Å². The molecule has 5 atom stereocenters. The van der Waals surface area contributed by atoms with Crippen LogP contribution in [0.5, 0.6) is 0 Å². The maximum atomic E-state index is 14.3. The van der Waals surface area contributed by atoms with Crippen LogP contribution in [0.2, 0.25) is 0 Å². The van der Waals surface area contributed by atoms with Crippen LogP contribution in [0.3, 0.4) is 0 Å². The lowest BCUT2D eigenvalue weighted by molar-refractivity contribution is -0.153. The summed E-state index contributed by atoms with van der Waals surface area (Å²) in [6.45, 7) is 6.02. The number of ether oxygens (including phenoxy) is 2. The molecule has 1 spiro atoms. The molecular weight excluding hydrogens is 518 g/mol. The number of carbonyl (C=O) groups excluding carboxylic acids is 3. The summed E-state index contributed by atoms with van der Waals surface area (Å²) >= 11 is 1.61. The SMILES string of the molecule is O=C1OCCCC/C=C\[C@H]2S[C@]34C=CCN(CCN5CCOCC5)C(=O)C3N(CCCCCCO)C(=O)[C@@H]4[C@@H]12. The summed E-state index contributed by atoms with van der Waals surface area (Å²) in [5, 5.41) is 8.95. The normalized spacial score (nSPS) is 34.3. The number of aliphatic hydroxyl groups is 1. The van der Waals surface area contributed by atoms with E-state index in [0.717, 1.165) is 64.6 Å². The summed E-state index contributed by atoms with van der Waals surface area (Å²) in [7, 11) is 0. The topological polar surface area (TPSA) is 99.6 Å². The second-order valence-corrected chi connectivity index (χ2v) is 12.7. The molecule has 0 bridgehead atoms. The first-order chi connectivity index (χ1) is 19.1. The third-order valence-corrected chi connectivity index (χ3v) is 10.5. The van der Waals surface area contributed by atoms with Crippen molar-refractivity contribution in [3.05, 3.63) is 24.3 Å². The number of carbonyl (C=O) groups is 3. The lowest BCUT2D eigenvalue weighted by Crippen LogP contribution is -2.54. The Hall–Kier alpha value is -1.88. The molecule has 5 aliphatic rings. The highest BCUT2D eigenvalue weighted by Gasteiger charge is 2.70. The highest BCUT2D eigenvalue weighted by Crippen LogP contribution is 2.60. The van der Waals surface area contributed by atoms with Gasteiger partial charge in [-0.05, 0) is 32.1 Å². The summed E-state index contributed by atoms with van der Waals surface area (Å²) in [5.41, 5.74) is 0. The average Bonchev–Trinajstić information content (AvgIpc) is 3.33. The van der Waals surface area contributed by atoms with Crippen molar-refractivity contribution in [1.29, 1.82) is 0 Å². The number of hydrogen-bond donors (Lipinski definition) is 1. The number of cyclic esters (lactones) is 1. The number of rotatable bonds is 9. The molecule has 0 aromatic rings. The Labute approximate surface area is 235 Å². The zero-order valence-corrected chi connectivity index (χ0v) is 23.7. The molecule has 0 saturated carbocycles. The Bertz CT molecular complexity index is 953. The van der Waals surface area contributed by atoms with Crippen LogP contribution in [-0.2, 0) is 23.9 Å². The standard InChI is InChI=1S/C29H43N3O6S/c33-18-7-3-2-6-13-32-25-27(35)31(15-14-30-16-20-37-21-17-30)12-9-11-29(25)24(26(32)34)23-22(39-29)10-5-1-4-8-19-38-28(23)36/h5,9-11,22-25,33H,1-4,6-8,12-21H2/b10-5-/t22-,23+,24+,25?,29+/m1/s1. The number of nitrogens with zero attached hydrogens (tertiary/aromatic N) is 3. The van der Waals surface area contributed by atoms with Crippen LogP contribution in [0.1, 0.15) is 44.9 Å². The smallest absolute Gasteiger partial charge is 0.311 e. The minimum absolute atomic E-state index is 0.0203. The number of fused-ring (bicyclic) bond motifs is 2. The second kappa shape index (κ2) is 13.2. The monoisotopic (exact) mass is 561 g/mol. The molecule has 3 saturated heterocycles. The van der Waals surface area contributed by atoms with Crippen LogP contribution in [0, 0.1) is 11.8 Å². The maximum Gasteiger partial charge on any atom is 0.311 e. The average molecular weight is 562 g/mol. The molecule has 3 fully saturated rings. The fourth-order valence-electron chi connectivity index (χ4n) is 6.74. The summed E-state index contributed by atoms with van der Waals surface area (Å²) < 4.78 is 10.4. The van der Waals surface area contributed by atoms with E-state index in [1.807, 2.05) is 11.0 Å². The molecule has 9 nitrogen and oxygen atoms in total. The molecule has 0 aromatic carbocycles. The van der Waals surface area contributed by atoms with Crippen molar-refractivity contribution < 1.29 is 29.0 Å². The van der Waals surface area contributed by atoms with Crippen LogP contribution >= 0.6 is 11.8 Å². The Kier molecular flexibility index (Phi) is 9.69. The van der Waals surface area contributed by atoms with Gasteiger partial charge in [0.2, 0.25) is 11.8 Å². The van der Waals surface area contributed by atoms with Gasteiger partial charge in [0.15, 0.2) is 0 Å². The van der Waals surface area contributed by atoms with Gasteiger partial charge in [0.25, 0.3) is 0 Å². The highest BCUT2D eigenvalue weighted by atomic mass is 32.2. The number of thioether (sulfide) groups is 1. The van der Waals surface area contributed by atoms with Crippen LogP contribution in [0.4, 0.5) is 0 Å².